The van der Waals surface area contributed by atoms with Gasteiger partial charge in [0.1, 0.15) is 5.82 Å². The minimum atomic E-state index is -0.281. The largest absolute Gasteiger partial charge is 0.271 e. The molecular weight excluding hydrogens is 375 g/mol. The summed E-state index contributed by atoms with van der Waals surface area (Å²) in [7, 11) is 0. The highest BCUT2D eigenvalue weighted by Gasteiger charge is 2.17. The lowest BCUT2D eigenvalue weighted by Gasteiger charge is -2.18. The van der Waals surface area contributed by atoms with E-state index >= 15 is 0 Å². The third kappa shape index (κ3) is 3.63. The van der Waals surface area contributed by atoms with Crippen molar-refractivity contribution in [1.29, 1.82) is 0 Å². The number of hydrazine groups is 1. The van der Waals surface area contributed by atoms with Crippen LogP contribution in [-0.4, -0.2) is 0 Å². The Bertz CT molecular complexity index is 538. The van der Waals surface area contributed by atoms with Crippen LogP contribution >= 0.6 is 31.9 Å². The normalized spacial score (nSPS) is 12.4. The molecule has 0 fully saturated rings. The second-order valence-corrected chi connectivity index (χ2v) is 5.96. The van der Waals surface area contributed by atoms with Crippen molar-refractivity contribution in [2.75, 3.05) is 0 Å². The summed E-state index contributed by atoms with van der Waals surface area (Å²) in [6, 6.07) is 12.5. The smallest absolute Gasteiger partial charge is 0.129 e. The molecule has 100 valence electrons. The maximum Gasteiger partial charge on any atom is 0.129 e. The van der Waals surface area contributed by atoms with Crippen LogP contribution in [0, 0.1) is 5.82 Å². The molecule has 0 saturated heterocycles. The van der Waals surface area contributed by atoms with E-state index in [1.54, 1.807) is 6.07 Å². The zero-order valence-electron chi connectivity index (χ0n) is 10.0. The van der Waals surface area contributed by atoms with Gasteiger partial charge in [0.15, 0.2) is 0 Å². The van der Waals surface area contributed by atoms with Gasteiger partial charge in [-0.05, 0) is 36.2 Å². The molecule has 2 nitrogen and oxygen atoms in total. The van der Waals surface area contributed by atoms with Gasteiger partial charge in [-0.15, -0.1) is 0 Å². The quantitative estimate of drug-likeness (QED) is 0.612. The second-order valence-electron chi connectivity index (χ2n) is 4.19. The van der Waals surface area contributed by atoms with Crippen LogP contribution in [0.2, 0.25) is 0 Å². The number of benzene rings is 2. The molecule has 1 atom stereocenters. The summed E-state index contributed by atoms with van der Waals surface area (Å²) in [6.07, 6.45) is 0.614. The Kier molecular flexibility index (Phi) is 5.10. The van der Waals surface area contributed by atoms with Crippen molar-refractivity contribution in [3.63, 3.8) is 0 Å². The summed E-state index contributed by atoms with van der Waals surface area (Å²) in [5.74, 6) is 5.30. The molecular formula is C14H13Br2FN2. The van der Waals surface area contributed by atoms with E-state index < -0.39 is 0 Å². The molecule has 2 rings (SSSR count). The Hall–Kier alpha value is -0.750. The van der Waals surface area contributed by atoms with Crippen LogP contribution < -0.4 is 11.3 Å². The molecule has 0 bridgehead atoms. The van der Waals surface area contributed by atoms with Crippen LogP contribution in [0.15, 0.2) is 51.4 Å². The molecule has 2 aromatic carbocycles. The van der Waals surface area contributed by atoms with Crippen molar-refractivity contribution in [2.45, 2.75) is 12.5 Å². The van der Waals surface area contributed by atoms with Crippen LogP contribution in [-0.2, 0) is 6.42 Å². The lowest BCUT2D eigenvalue weighted by Crippen LogP contribution is -2.30. The summed E-state index contributed by atoms with van der Waals surface area (Å²) in [5.41, 5.74) is 4.31. The first-order valence-corrected chi connectivity index (χ1v) is 7.35. The maximum absolute atomic E-state index is 13.9. The van der Waals surface area contributed by atoms with Crippen molar-refractivity contribution in [3.05, 3.63) is 68.4 Å². The van der Waals surface area contributed by atoms with E-state index in [1.807, 2.05) is 30.3 Å². The van der Waals surface area contributed by atoms with E-state index in [1.165, 1.54) is 6.07 Å². The van der Waals surface area contributed by atoms with Gasteiger partial charge in [-0.3, -0.25) is 11.3 Å². The summed E-state index contributed by atoms with van der Waals surface area (Å²) in [4.78, 5) is 0. The van der Waals surface area contributed by atoms with Gasteiger partial charge in [0, 0.05) is 14.5 Å². The van der Waals surface area contributed by atoms with Gasteiger partial charge in [-0.1, -0.05) is 50.1 Å². The van der Waals surface area contributed by atoms with Gasteiger partial charge >= 0.3 is 0 Å². The van der Waals surface area contributed by atoms with Crippen LogP contribution in [0.25, 0.3) is 0 Å². The average Bonchev–Trinajstić information content (AvgIpc) is 2.39. The first-order valence-electron chi connectivity index (χ1n) is 5.76. The zero-order valence-corrected chi connectivity index (χ0v) is 13.2. The monoisotopic (exact) mass is 386 g/mol. The van der Waals surface area contributed by atoms with E-state index in [2.05, 4.69) is 37.3 Å². The molecule has 1 unspecified atom stereocenters. The van der Waals surface area contributed by atoms with E-state index in [-0.39, 0.29) is 11.9 Å². The molecule has 0 amide bonds. The van der Waals surface area contributed by atoms with Crippen LogP contribution in [0.3, 0.4) is 0 Å². The molecule has 0 radical (unpaired) electrons. The molecule has 0 saturated carbocycles. The first kappa shape index (κ1) is 14.7. The Morgan fingerprint density at radius 2 is 1.79 bits per heavy atom. The van der Waals surface area contributed by atoms with Gasteiger partial charge < -0.3 is 0 Å². The van der Waals surface area contributed by atoms with Crippen LogP contribution in [0.4, 0.5) is 4.39 Å². The predicted molar refractivity (Wildman–Crippen MR) is 82.0 cm³/mol. The molecule has 2 aromatic rings. The Labute approximate surface area is 128 Å². The highest BCUT2D eigenvalue weighted by atomic mass is 79.9. The molecule has 0 aliphatic rings. The highest BCUT2D eigenvalue weighted by molar-refractivity contribution is 9.10. The van der Waals surface area contributed by atoms with Gasteiger partial charge in [0.2, 0.25) is 0 Å². The number of nitrogens with one attached hydrogen (secondary N) is 1. The highest BCUT2D eigenvalue weighted by Crippen LogP contribution is 2.28. The van der Waals surface area contributed by atoms with Gasteiger partial charge in [-0.2, -0.15) is 0 Å². The fraction of sp³-hybridized carbons (Fsp3) is 0.143. The zero-order chi connectivity index (χ0) is 13.8. The first-order chi connectivity index (χ1) is 9.11. The fourth-order valence-corrected chi connectivity index (χ4v) is 2.83. The standard InChI is InChI=1S/C14H13Br2FN2/c15-10-6-4-9(5-7-10)8-13(19-18)14-11(16)2-1-3-12(14)17/h1-7,13,19H,8,18H2. The van der Waals surface area contributed by atoms with Crippen LogP contribution in [0.1, 0.15) is 17.2 Å². The molecule has 0 heterocycles. The van der Waals surface area contributed by atoms with Gasteiger partial charge in [-0.25, -0.2) is 4.39 Å². The Morgan fingerprint density at radius 1 is 1.11 bits per heavy atom. The van der Waals surface area contributed by atoms with Crippen molar-refractivity contribution in [3.8, 4) is 0 Å². The number of hydrogen-bond donors (Lipinski definition) is 2. The molecule has 0 spiro atoms. The molecule has 5 heteroatoms. The molecule has 0 aliphatic carbocycles. The van der Waals surface area contributed by atoms with Crippen LogP contribution in [0.5, 0.6) is 0 Å². The minimum absolute atomic E-state index is 0.269. The maximum atomic E-state index is 13.9. The number of halogens is 3. The predicted octanol–water partition coefficient (Wildman–Crippen LogP) is 4.10. The van der Waals surface area contributed by atoms with E-state index in [4.69, 9.17) is 5.84 Å². The molecule has 0 aliphatic heterocycles. The average molecular weight is 388 g/mol. The minimum Gasteiger partial charge on any atom is -0.271 e. The van der Waals surface area contributed by atoms with Gasteiger partial charge in [0.05, 0.1) is 6.04 Å². The van der Waals surface area contributed by atoms with E-state index in [0.717, 1.165) is 10.0 Å². The molecule has 19 heavy (non-hydrogen) atoms. The lowest BCUT2D eigenvalue weighted by molar-refractivity contribution is 0.508. The number of rotatable bonds is 4. The van der Waals surface area contributed by atoms with Crippen molar-refractivity contribution in [2.24, 2.45) is 5.84 Å². The summed E-state index contributed by atoms with van der Waals surface area (Å²) in [5, 5.41) is 0. The van der Waals surface area contributed by atoms with E-state index in [0.29, 0.717) is 16.5 Å². The topological polar surface area (TPSA) is 38.0 Å². The van der Waals surface area contributed by atoms with Crippen molar-refractivity contribution < 1.29 is 4.39 Å². The van der Waals surface area contributed by atoms with Gasteiger partial charge in [0.25, 0.3) is 0 Å². The SMILES string of the molecule is NNC(Cc1ccc(Br)cc1)c1c(F)cccc1Br. The Morgan fingerprint density at radius 3 is 2.37 bits per heavy atom. The molecule has 3 N–H and O–H groups in total. The van der Waals surface area contributed by atoms with Crippen molar-refractivity contribution in [1.82, 2.24) is 5.43 Å². The second kappa shape index (κ2) is 6.61. The fourth-order valence-electron chi connectivity index (χ4n) is 1.94. The Balaban J connectivity index is 2.27. The lowest BCUT2D eigenvalue weighted by atomic mass is 9.99. The third-order valence-corrected chi connectivity index (χ3v) is 4.12. The molecule has 0 aromatic heterocycles. The van der Waals surface area contributed by atoms with Crippen molar-refractivity contribution >= 4 is 31.9 Å². The number of hydrogen-bond acceptors (Lipinski definition) is 2. The summed E-state index contributed by atoms with van der Waals surface area (Å²) in [6.45, 7) is 0. The summed E-state index contributed by atoms with van der Waals surface area (Å²) < 4.78 is 15.7. The van der Waals surface area contributed by atoms with E-state index in [9.17, 15) is 4.39 Å². The summed E-state index contributed by atoms with van der Waals surface area (Å²) >= 11 is 6.76. The number of nitrogens with two attached hydrogens (primary N) is 1. The third-order valence-electron chi connectivity index (χ3n) is 2.90.